The van der Waals surface area contributed by atoms with Gasteiger partial charge in [0, 0.05) is 28.7 Å². The summed E-state index contributed by atoms with van der Waals surface area (Å²) in [6.45, 7) is 4.06. The van der Waals surface area contributed by atoms with Crippen LogP contribution in [0.25, 0.3) is 0 Å². The molecule has 2 atom stereocenters. The fourth-order valence-electron chi connectivity index (χ4n) is 2.18. The van der Waals surface area contributed by atoms with Gasteiger partial charge in [-0.2, -0.15) is 0 Å². The highest BCUT2D eigenvalue weighted by atomic mass is 79.9. The molecule has 1 N–H and O–H groups in total. The minimum absolute atomic E-state index is 0.531. The fourth-order valence-corrected chi connectivity index (χ4v) is 2.45. The van der Waals surface area contributed by atoms with Crippen LogP contribution in [0.5, 0.6) is 0 Å². The quantitative estimate of drug-likeness (QED) is 0.910. The minimum Gasteiger partial charge on any atom is -0.382 e. The lowest BCUT2D eigenvalue weighted by Crippen LogP contribution is -2.28. The number of hydrogen-bond donors (Lipinski definition) is 1. The molecule has 0 saturated carbocycles. The predicted molar refractivity (Wildman–Crippen MR) is 70.8 cm³/mol. The standard InChI is InChI=1S/C13H18BrNO/c1-2-13(10-7-8-16-9-10)15-12-5-3-11(14)4-6-12/h3-6,10,13,15H,2,7-9H2,1H3. The van der Waals surface area contributed by atoms with Crippen molar-refractivity contribution in [3.05, 3.63) is 28.7 Å². The Balaban J connectivity index is 1.97. The lowest BCUT2D eigenvalue weighted by atomic mass is 9.96. The second kappa shape index (κ2) is 5.69. The van der Waals surface area contributed by atoms with Crippen molar-refractivity contribution in [1.82, 2.24) is 0 Å². The average Bonchev–Trinajstić information content (AvgIpc) is 2.82. The summed E-state index contributed by atoms with van der Waals surface area (Å²) in [4.78, 5) is 0. The molecule has 2 rings (SSSR count). The van der Waals surface area contributed by atoms with Gasteiger partial charge >= 0.3 is 0 Å². The fraction of sp³-hybridized carbons (Fsp3) is 0.538. The van der Waals surface area contributed by atoms with Gasteiger partial charge in [-0.05, 0) is 37.1 Å². The molecule has 0 amide bonds. The van der Waals surface area contributed by atoms with Crippen LogP contribution in [0, 0.1) is 5.92 Å². The van der Waals surface area contributed by atoms with Crippen molar-refractivity contribution in [3.63, 3.8) is 0 Å². The van der Waals surface area contributed by atoms with E-state index in [9.17, 15) is 0 Å². The van der Waals surface area contributed by atoms with E-state index in [4.69, 9.17) is 4.74 Å². The average molecular weight is 284 g/mol. The summed E-state index contributed by atoms with van der Waals surface area (Å²) in [6, 6.07) is 8.90. The van der Waals surface area contributed by atoms with E-state index in [0.717, 1.165) is 24.1 Å². The van der Waals surface area contributed by atoms with Crippen molar-refractivity contribution in [2.75, 3.05) is 18.5 Å². The third kappa shape index (κ3) is 2.98. The normalized spacial score (nSPS) is 22.0. The summed E-state index contributed by atoms with van der Waals surface area (Å²) in [6.07, 6.45) is 2.33. The van der Waals surface area contributed by atoms with Gasteiger partial charge in [0.2, 0.25) is 0 Å². The Morgan fingerprint density at radius 2 is 2.19 bits per heavy atom. The highest BCUT2D eigenvalue weighted by molar-refractivity contribution is 9.10. The number of hydrogen-bond acceptors (Lipinski definition) is 2. The van der Waals surface area contributed by atoms with Gasteiger partial charge < -0.3 is 10.1 Å². The van der Waals surface area contributed by atoms with Gasteiger partial charge in [0.15, 0.2) is 0 Å². The molecule has 1 heterocycles. The molecule has 1 aliphatic rings. The molecule has 0 bridgehead atoms. The van der Waals surface area contributed by atoms with Crippen molar-refractivity contribution >= 4 is 21.6 Å². The van der Waals surface area contributed by atoms with Crippen LogP contribution in [-0.4, -0.2) is 19.3 Å². The first kappa shape index (κ1) is 11.9. The summed E-state index contributed by atoms with van der Waals surface area (Å²) < 4.78 is 6.57. The van der Waals surface area contributed by atoms with Crippen LogP contribution in [-0.2, 0) is 4.74 Å². The molecule has 16 heavy (non-hydrogen) atoms. The summed E-state index contributed by atoms with van der Waals surface area (Å²) in [5.74, 6) is 0.661. The Labute approximate surface area is 106 Å². The van der Waals surface area contributed by atoms with E-state index in [-0.39, 0.29) is 0 Å². The van der Waals surface area contributed by atoms with E-state index in [1.165, 1.54) is 12.1 Å². The third-order valence-electron chi connectivity index (χ3n) is 3.17. The van der Waals surface area contributed by atoms with Crippen molar-refractivity contribution in [1.29, 1.82) is 0 Å². The summed E-state index contributed by atoms with van der Waals surface area (Å²) >= 11 is 3.45. The monoisotopic (exact) mass is 283 g/mol. The molecular formula is C13H18BrNO. The van der Waals surface area contributed by atoms with Crippen LogP contribution in [0.15, 0.2) is 28.7 Å². The molecule has 1 aliphatic heterocycles. The smallest absolute Gasteiger partial charge is 0.0514 e. The Morgan fingerprint density at radius 3 is 2.75 bits per heavy atom. The molecule has 1 aromatic rings. The largest absolute Gasteiger partial charge is 0.382 e. The summed E-state index contributed by atoms with van der Waals surface area (Å²) in [5, 5.41) is 3.60. The highest BCUT2D eigenvalue weighted by Crippen LogP contribution is 2.23. The number of nitrogens with one attached hydrogen (secondary N) is 1. The minimum atomic E-state index is 0.531. The highest BCUT2D eigenvalue weighted by Gasteiger charge is 2.24. The van der Waals surface area contributed by atoms with E-state index >= 15 is 0 Å². The number of halogens is 1. The molecule has 1 aromatic carbocycles. The van der Waals surface area contributed by atoms with Crippen LogP contribution >= 0.6 is 15.9 Å². The zero-order valence-electron chi connectivity index (χ0n) is 9.58. The van der Waals surface area contributed by atoms with Gasteiger partial charge in [-0.25, -0.2) is 0 Å². The maximum atomic E-state index is 5.45. The van der Waals surface area contributed by atoms with E-state index in [1.54, 1.807) is 0 Å². The Kier molecular flexibility index (Phi) is 4.24. The predicted octanol–water partition coefficient (Wildman–Crippen LogP) is 3.68. The molecule has 0 spiro atoms. The van der Waals surface area contributed by atoms with Crippen LogP contribution in [0.2, 0.25) is 0 Å². The van der Waals surface area contributed by atoms with Crippen molar-refractivity contribution in [2.24, 2.45) is 5.92 Å². The van der Waals surface area contributed by atoms with Crippen LogP contribution < -0.4 is 5.32 Å². The molecule has 1 fully saturated rings. The molecule has 0 aromatic heterocycles. The molecule has 1 saturated heterocycles. The topological polar surface area (TPSA) is 21.3 Å². The SMILES string of the molecule is CCC(Nc1ccc(Br)cc1)C1CCOC1. The molecular weight excluding hydrogens is 266 g/mol. The maximum Gasteiger partial charge on any atom is 0.0514 e. The molecule has 2 nitrogen and oxygen atoms in total. The first-order valence-corrected chi connectivity index (χ1v) is 6.68. The Bertz CT molecular complexity index is 319. The van der Waals surface area contributed by atoms with E-state index in [1.807, 2.05) is 0 Å². The number of ether oxygens (including phenoxy) is 1. The number of benzene rings is 1. The maximum absolute atomic E-state index is 5.45. The van der Waals surface area contributed by atoms with Gasteiger partial charge in [-0.1, -0.05) is 22.9 Å². The Morgan fingerprint density at radius 1 is 1.44 bits per heavy atom. The lowest BCUT2D eigenvalue weighted by molar-refractivity contribution is 0.182. The zero-order chi connectivity index (χ0) is 11.4. The third-order valence-corrected chi connectivity index (χ3v) is 3.70. The van der Waals surface area contributed by atoms with E-state index in [2.05, 4.69) is 52.4 Å². The molecule has 3 heteroatoms. The van der Waals surface area contributed by atoms with Crippen molar-refractivity contribution in [2.45, 2.75) is 25.8 Å². The molecule has 0 radical (unpaired) electrons. The van der Waals surface area contributed by atoms with Gasteiger partial charge in [-0.3, -0.25) is 0 Å². The summed E-state index contributed by atoms with van der Waals surface area (Å²) in [7, 11) is 0. The zero-order valence-corrected chi connectivity index (χ0v) is 11.2. The number of rotatable bonds is 4. The van der Waals surface area contributed by atoms with E-state index in [0.29, 0.717) is 12.0 Å². The van der Waals surface area contributed by atoms with Gasteiger partial charge in [0.1, 0.15) is 0 Å². The molecule has 88 valence electrons. The second-order valence-electron chi connectivity index (χ2n) is 4.29. The second-order valence-corrected chi connectivity index (χ2v) is 5.21. The van der Waals surface area contributed by atoms with Gasteiger partial charge in [0.25, 0.3) is 0 Å². The van der Waals surface area contributed by atoms with Crippen molar-refractivity contribution < 1.29 is 4.74 Å². The van der Waals surface area contributed by atoms with Crippen molar-refractivity contribution in [3.8, 4) is 0 Å². The van der Waals surface area contributed by atoms with Crippen LogP contribution in [0.3, 0.4) is 0 Å². The first-order valence-electron chi connectivity index (χ1n) is 5.89. The number of anilines is 1. The molecule has 0 aliphatic carbocycles. The van der Waals surface area contributed by atoms with Crippen LogP contribution in [0.4, 0.5) is 5.69 Å². The van der Waals surface area contributed by atoms with Gasteiger partial charge in [0.05, 0.1) is 6.61 Å². The van der Waals surface area contributed by atoms with Crippen LogP contribution in [0.1, 0.15) is 19.8 Å². The lowest BCUT2D eigenvalue weighted by Gasteiger charge is -2.23. The molecule has 2 unspecified atom stereocenters. The van der Waals surface area contributed by atoms with E-state index < -0.39 is 0 Å². The summed E-state index contributed by atoms with van der Waals surface area (Å²) in [5.41, 5.74) is 1.20. The first-order chi connectivity index (χ1) is 7.79. The Hall–Kier alpha value is -0.540. The van der Waals surface area contributed by atoms with Gasteiger partial charge in [-0.15, -0.1) is 0 Å².